The van der Waals surface area contributed by atoms with E-state index in [9.17, 15) is 26.8 Å². The van der Waals surface area contributed by atoms with Gasteiger partial charge in [0.15, 0.2) is 0 Å². The minimum atomic E-state index is -4.29. The van der Waals surface area contributed by atoms with Gasteiger partial charge in [-0.15, -0.1) is 0 Å². The second-order valence-electron chi connectivity index (χ2n) is 7.49. The summed E-state index contributed by atoms with van der Waals surface area (Å²) in [4.78, 5) is 27.9. The summed E-state index contributed by atoms with van der Waals surface area (Å²) in [6.45, 7) is 0.135. The number of aromatic nitrogens is 2. The van der Waals surface area contributed by atoms with E-state index in [1.54, 1.807) is 18.2 Å². The molecular formula is C19H15F2N5O4S2. The van der Waals surface area contributed by atoms with Crippen LogP contribution in [-0.4, -0.2) is 52.6 Å². The Hall–Kier alpha value is -3.03. The molecule has 5 rings (SSSR count). The molecule has 32 heavy (non-hydrogen) atoms. The normalized spacial score (nSPS) is 21.4. The molecule has 0 spiro atoms. The van der Waals surface area contributed by atoms with Gasteiger partial charge in [-0.05, 0) is 37.1 Å². The van der Waals surface area contributed by atoms with Crippen molar-refractivity contribution in [1.82, 2.24) is 18.4 Å². The summed E-state index contributed by atoms with van der Waals surface area (Å²) in [7, 11) is -4.29. The van der Waals surface area contributed by atoms with Crippen molar-refractivity contribution in [3.8, 4) is 0 Å². The zero-order chi connectivity index (χ0) is 22.6. The molecular weight excluding hydrogens is 464 g/mol. The third-order valence-electron chi connectivity index (χ3n) is 5.56. The Kier molecular flexibility index (Phi) is 4.91. The van der Waals surface area contributed by atoms with Crippen molar-refractivity contribution in [3.63, 3.8) is 0 Å². The Morgan fingerprint density at radius 2 is 1.94 bits per heavy atom. The van der Waals surface area contributed by atoms with Gasteiger partial charge in [0.05, 0.1) is 17.4 Å². The van der Waals surface area contributed by atoms with Crippen molar-refractivity contribution >= 4 is 50.4 Å². The predicted octanol–water partition coefficient (Wildman–Crippen LogP) is 2.25. The Bertz CT molecular complexity index is 1360. The van der Waals surface area contributed by atoms with E-state index in [1.807, 2.05) is 0 Å². The number of rotatable bonds is 4. The third kappa shape index (κ3) is 3.32. The number of sulfonamides is 1. The molecule has 3 heterocycles. The molecule has 1 N–H and O–H groups in total. The van der Waals surface area contributed by atoms with Gasteiger partial charge < -0.3 is 4.90 Å². The zero-order valence-electron chi connectivity index (χ0n) is 16.2. The fourth-order valence-electron chi connectivity index (χ4n) is 4.08. The van der Waals surface area contributed by atoms with Crippen LogP contribution in [0, 0.1) is 11.6 Å². The van der Waals surface area contributed by atoms with Gasteiger partial charge in [0.25, 0.3) is 5.91 Å². The number of carbonyl (C=O) groups excluding carboxylic acids is 2. The molecule has 0 saturated carbocycles. The maximum atomic E-state index is 14.0. The average molecular weight is 479 g/mol. The van der Waals surface area contributed by atoms with Crippen LogP contribution in [0.1, 0.15) is 12.8 Å². The number of hydrogen-bond acceptors (Lipinski definition) is 7. The Labute approximate surface area is 185 Å². The van der Waals surface area contributed by atoms with Gasteiger partial charge >= 0.3 is 6.03 Å². The van der Waals surface area contributed by atoms with Gasteiger partial charge in [-0.25, -0.2) is 31.6 Å². The number of urea groups is 1. The lowest BCUT2D eigenvalue weighted by atomic mass is 9.99. The number of nitrogens with one attached hydrogen (secondary N) is 1. The minimum Gasteiger partial charge on any atom is -0.312 e. The summed E-state index contributed by atoms with van der Waals surface area (Å²) in [5.41, 5.74) is 1.32. The van der Waals surface area contributed by atoms with E-state index >= 15 is 0 Å². The first-order chi connectivity index (χ1) is 15.3. The number of imide groups is 1. The van der Waals surface area contributed by atoms with Crippen LogP contribution in [0.5, 0.6) is 0 Å². The van der Waals surface area contributed by atoms with Gasteiger partial charge in [-0.2, -0.15) is 8.75 Å². The molecule has 2 atom stereocenters. The van der Waals surface area contributed by atoms with Crippen molar-refractivity contribution in [2.45, 2.75) is 29.8 Å². The Morgan fingerprint density at radius 3 is 2.72 bits per heavy atom. The first kappa shape index (κ1) is 20.8. The van der Waals surface area contributed by atoms with Crippen LogP contribution in [0.2, 0.25) is 0 Å². The van der Waals surface area contributed by atoms with Crippen molar-refractivity contribution in [3.05, 3.63) is 48.0 Å². The standard InChI is InChI=1S/C19H15F2N5O4S2/c20-10-4-5-16(12(21)8-10)32(29,30)24-11-6-7-25-15(9-11)18(27)26(19(25)28)14-3-1-2-13-17(14)23-31-22-13/h1-5,8,11,15,24H,6-7,9H2. The molecule has 3 aromatic rings. The highest BCUT2D eigenvalue weighted by Gasteiger charge is 2.49. The zero-order valence-corrected chi connectivity index (χ0v) is 17.9. The number of carbonyl (C=O) groups is 2. The van der Waals surface area contributed by atoms with Gasteiger partial charge in [0, 0.05) is 18.7 Å². The summed E-state index contributed by atoms with van der Waals surface area (Å²) >= 11 is 0.967. The van der Waals surface area contributed by atoms with E-state index in [4.69, 9.17) is 0 Å². The van der Waals surface area contributed by atoms with E-state index < -0.39 is 50.6 Å². The highest BCUT2D eigenvalue weighted by molar-refractivity contribution is 7.89. The molecule has 2 aromatic carbocycles. The smallest absolute Gasteiger partial charge is 0.312 e. The first-order valence-corrected chi connectivity index (χ1v) is 11.8. The number of amides is 3. The number of fused-ring (bicyclic) bond motifs is 2. The molecule has 2 unspecified atom stereocenters. The summed E-state index contributed by atoms with van der Waals surface area (Å²) in [6, 6.07) is 5.10. The van der Waals surface area contributed by atoms with E-state index in [0.717, 1.165) is 28.8 Å². The van der Waals surface area contributed by atoms with Crippen LogP contribution in [-0.2, 0) is 14.8 Å². The molecule has 13 heteroatoms. The molecule has 2 saturated heterocycles. The van der Waals surface area contributed by atoms with Crippen molar-refractivity contribution in [2.75, 3.05) is 11.4 Å². The lowest BCUT2D eigenvalue weighted by molar-refractivity contribution is -0.120. The van der Waals surface area contributed by atoms with Crippen molar-refractivity contribution < 1.29 is 26.8 Å². The second kappa shape index (κ2) is 7.53. The van der Waals surface area contributed by atoms with Crippen LogP contribution in [0.15, 0.2) is 41.3 Å². The van der Waals surface area contributed by atoms with Crippen LogP contribution >= 0.6 is 11.7 Å². The summed E-state index contributed by atoms with van der Waals surface area (Å²) in [5, 5.41) is 0. The quantitative estimate of drug-likeness (QED) is 0.575. The Balaban J connectivity index is 1.39. The molecule has 166 valence electrons. The van der Waals surface area contributed by atoms with Crippen LogP contribution in [0.25, 0.3) is 11.0 Å². The molecule has 9 nitrogen and oxygen atoms in total. The predicted molar refractivity (Wildman–Crippen MR) is 110 cm³/mol. The largest absolute Gasteiger partial charge is 0.332 e. The lowest BCUT2D eigenvalue weighted by Crippen LogP contribution is -2.49. The van der Waals surface area contributed by atoms with Crippen molar-refractivity contribution in [1.29, 1.82) is 0 Å². The molecule has 1 aromatic heterocycles. The second-order valence-corrected chi connectivity index (χ2v) is 9.70. The fourth-order valence-corrected chi connectivity index (χ4v) is 5.96. The molecule has 3 amide bonds. The number of anilines is 1. The number of piperidine rings is 1. The van der Waals surface area contributed by atoms with E-state index in [2.05, 4.69) is 13.5 Å². The molecule has 2 aliphatic rings. The topological polar surface area (TPSA) is 113 Å². The number of nitrogens with zero attached hydrogens (tertiary/aromatic N) is 4. The Morgan fingerprint density at radius 1 is 1.12 bits per heavy atom. The molecule has 0 aliphatic carbocycles. The third-order valence-corrected chi connectivity index (χ3v) is 7.65. The SMILES string of the molecule is O=C1C2CC(NS(=O)(=O)c3ccc(F)cc3F)CCN2C(=O)N1c1cccc2nsnc12. The number of halogens is 2. The maximum absolute atomic E-state index is 14.0. The minimum absolute atomic E-state index is 0.0222. The van der Waals surface area contributed by atoms with Gasteiger partial charge in [-0.1, -0.05) is 6.07 Å². The highest BCUT2D eigenvalue weighted by Crippen LogP contribution is 2.34. The maximum Gasteiger partial charge on any atom is 0.332 e. The molecule has 2 fully saturated rings. The number of benzene rings is 2. The van der Waals surface area contributed by atoms with E-state index in [1.165, 1.54) is 4.90 Å². The molecule has 2 aliphatic heterocycles. The summed E-state index contributed by atoms with van der Waals surface area (Å²) < 4.78 is 63.0. The van der Waals surface area contributed by atoms with Gasteiger partial charge in [-0.3, -0.25) is 4.79 Å². The molecule has 0 radical (unpaired) electrons. The summed E-state index contributed by atoms with van der Waals surface area (Å²) in [6.07, 6.45) is 0.252. The van der Waals surface area contributed by atoms with Gasteiger partial charge in [0.2, 0.25) is 10.0 Å². The first-order valence-electron chi connectivity index (χ1n) is 9.59. The lowest BCUT2D eigenvalue weighted by Gasteiger charge is -2.32. The van der Waals surface area contributed by atoms with Crippen LogP contribution in [0.4, 0.5) is 19.3 Å². The molecule has 0 bridgehead atoms. The van der Waals surface area contributed by atoms with E-state index in [-0.39, 0.29) is 19.4 Å². The van der Waals surface area contributed by atoms with E-state index in [0.29, 0.717) is 22.8 Å². The van der Waals surface area contributed by atoms with Gasteiger partial charge in [0.1, 0.15) is 33.6 Å². The average Bonchev–Trinajstić information content (AvgIpc) is 3.31. The summed E-state index contributed by atoms with van der Waals surface area (Å²) in [5.74, 6) is -2.60. The fraction of sp³-hybridized carbons (Fsp3) is 0.263. The van der Waals surface area contributed by atoms with Crippen LogP contribution < -0.4 is 9.62 Å². The number of hydrogen-bond donors (Lipinski definition) is 1. The van der Waals surface area contributed by atoms with Crippen LogP contribution in [0.3, 0.4) is 0 Å². The highest BCUT2D eigenvalue weighted by atomic mass is 32.2. The monoisotopic (exact) mass is 479 g/mol. The van der Waals surface area contributed by atoms with Crippen molar-refractivity contribution in [2.24, 2.45) is 0 Å².